The minimum atomic E-state index is -3.79. The molecule has 0 bridgehead atoms. The minimum Gasteiger partial charge on any atom is -0.497 e. The van der Waals surface area contributed by atoms with Crippen LogP contribution in [-0.2, 0) is 16.6 Å². The molecular formula is C22H23NO4S. The summed E-state index contributed by atoms with van der Waals surface area (Å²) in [4.78, 5) is 0.226. The van der Waals surface area contributed by atoms with Crippen LogP contribution in [0.3, 0.4) is 0 Å². The minimum absolute atomic E-state index is 0.188. The van der Waals surface area contributed by atoms with Crippen LogP contribution >= 0.6 is 0 Å². The number of anilines is 1. The molecule has 28 heavy (non-hydrogen) atoms. The lowest BCUT2D eigenvalue weighted by molar-refractivity contribution is 0.394. The summed E-state index contributed by atoms with van der Waals surface area (Å²) in [7, 11) is -0.718. The van der Waals surface area contributed by atoms with E-state index < -0.39 is 10.0 Å². The molecule has 0 atom stereocenters. The van der Waals surface area contributed by atoms with Gasteiger partial charge in [0, 0.05) is 18.2 Å². The highest BCUT2D eigenvalue weighted by Gasteiger charge is 2.26. The molecule has 0 aromatic heterocycles. The molecule has 146 valence electrons. The van der Waals surface area contributed by atoms with Crippen molar-refractivity contribution in [2.75, 3.05) is 18.5 Å². The number of sulfonamides is 1. The van der Waals surface area contributed by atoms with Crippen molar-refractivity contribution in [1.29, 1.82) is 0 Å². The maximum Gasteiger partial charge on any atom is 0.264 e. The summed E-state index contributed by atoms with van der Waals surface area (Å²) >= 11 is 0. The van der Waals surface area contributed by atoms with Crippen LogP contribution < -0.4 is 13.8 Å². The van der Waals surface area contributed by atoms with Crippen molar-refractivity contribution in [2.24, 2.45) is 0 Å². The van der Waals surface area contributed by atoms with Crippen molar-refractivity contribution in [3.8, 4) is 11.5 Å². The summed E-state index contributed by atoms with van der Waals surface area (Å²) in [6.07, 6.45) is 0. The standard InChI is InChI=1S/C22H23NO4S/c1-17-9-11-18(12-10-17)16-23(28(24,25)22-7-5-4-6-8-22)19-13-20(26-2)15-21(14-19)27-3/h4-15H,16H2,1-3H3. The first-order valence-electron chi connectivity index (χ1n) is 8.80. The second kappa shape index (κ2) is 8.35. The third-order valence-corrected chi connectivity index (χ3v) is 6.19. The van der Waals surface area contributed by atoms with Crippen LogP contribution in [0.25, 0.3) is 0 Å². The average molecular weight is 397 g/mol. The predicted molar refractivity (Wildman–Crippen MR) is 111 cm³/mol. The highest BCUT2D eigenvalue weighted by atomic mass is 32.2. The number of benzene rings is 3. The fraction of sp³-hybridized carbons (Fsp3) is 0.182. The normalized spacial score (nSPS) is 11.1. The monoisotopic (exact) mass is 397 g/mol. The van der Waals surface area contributed by atoms with E-state index in [-0.39, 0.29) is 11.4 Å². The van der Waals surface area contributed by atoms with Gasteiger partial charge in [-0.1, -0.05) is 48.0 Å². The maximum atomic E-state index is 13.4. The van der Waals surface area contributed by atoms with Crippen molar-refractivity contribution >= 4 is 15.7 Å². The number of ether oxygens (including phenoxy) is 2. The highest BCUT2D eigenvalue weighted by molar-refractivity contribution is 7.92. The molecule has 6 heteroatoms. The lowest BCUT2D eigenvalue weighted by Gasteiger charge is -2.25. The van der Waals surface area contributed by atoms with Gasteiger partial charge in [-0.3, -0.25) is 4.31 Å². The zero-order chi connectivity index (χ0) is 20.1. The van der Waals surface area contributed by atoms with Gasteiger partial charge in [-0.05, 0) is 24.6 Å². The Morgan fingerprint density at radius 1 is 0.821 bits per heavy atom. The number of hydrogen-bond acceptors (Lipinski definition) is 4. The van der Waals surface area contributed by atoms with Crippen LogP contribution in [0.4, 0.5) is 5.69 Å². The number of rotatable bonds is 7. The van der Waals surface area contributed by atoms with Gasteiger partial charge in [-0.2, -0.15) is 0 Å². The Balaban J connectivity index is 2.13. The second-order valence-electron chi connectivity index (χ2n) is 6.38. The van der Waals surface area contributed by atoms with Crippen LogP contribution in [0.1, 0.15) is 11.1 Å². The van der Waals surface area contributed by atoms with Crippen LogP contribution in [0.5, 0.6) is 11.5 Å². The van der Waals surface area contributed by atoms with E-state index in [1.807, 2.05) is 31.2 Å². The summed E-state index contributed by atoms with van der Waals surface area (Å²) < 4.78 is 38.9. The van der Waals surface area contributed by atoms with E-state index in [4.69, 9.17) is 9.47 Å². The van der Waals surface area contributed by atoms with Gasteiger partial charge in [-0.25, -0.2) is 8.42 Å². The lowest BCUT2D eigenvalue weighted by Crippen LogP contribution is -2.30. The molecule has 3 rings (SSSR count). The number of nitrogens with zero attached hydrogens (tertiary/aromatic N) is 1. The molecule has 5 nitrogen and oxygen atoms in total. The number of hydrogen-bond donors (Lipinski definition) is 0. The molecule has 0 aliphatic heterocycles. The van der Waals surface area contributed by atoms with E-state index >= 15 is 0 Å². The van der Waals surface area contributed by atoms with Gasteiger partial charge in [0.25, 0.3) is 10.0 Å². The molecule has 0 N–H and O–H groups in total. The molecule has 0 saturated carbocycles. The van der Waals surface area contributed by atoms with Gasteiger partial charge < -0.3 is 9.47 Å². The van der Waals surface area contributed by atoms with Crippen LogP contribution in [0.15, 0.2) is 77.7 Å². The first-order valence-corrected chi connectivity index (χ1v) is 10.2. The van der Waals surface area contributed by atoms with Crippen LogP contribution in [0.2, 0.25) is 0 Å². The smallest absolute Gasteiger partial charge is 0.264 e. The second-order valence-corrected chi connectivity index (χ2v) is 8.24. The van der Waals surface area contributed by atoms with Gasteiger partial charge >= 0.3 is 0 Å². The third kappa shape index (κ3) is 4.28. The van der Waals surface area contributed by atoms with Gasteiger partial charge in [0.2, 0.25) is 0 Å². The molecule has 3 aromatic carbocycles. The fourth-order valence-corrected chi connectivity index (χ4v) is 4.29. The zero-order valence-corrected chi connectivity index (χ0v) is 16.9. The highest BCUT2D eigenvalue weighted by Crippen LogP contribution is 2.33. The topological polar surface area (TPSA) is 55.8 Å². The summed E-state index contributed by atoms with van der Waals surface area (Å²) in [6, 6.07) is 21.3. The van der Waals surface area contributed by atoms with E-state index in [9.17, 15) is 8.42 Å². The largest absolute Gasteiger partial charge is 0.497 e. The van der Waals surface area contributed by atoms with E-state index in [1.54, 1.807) is 48.5 Å². The van der Waals surface area contributed by atoms with Gasteiger partial charge in [-0.15, -0.1) is 0 Å². The van der Waals surface area contributed by atoms with Gasteiger partial charge in [0.05, 0.1) is 31.3 Å². The molecule has 0 heterocycles. The molecule has 0 amide bonds. The molecule has 3 aromatic rings. The molecule has 0 radical (unpaired) electrons. The molecule has 0 aliphatic rings. The van der Waals surface area contributed by atoms with Gasteiger partial charge in [0.15, 0.2) is 0 Å². The van der Waals surface area contributed by atoms with Crippen molar-refractivity contribution in [3.63, 3.8) is 0 Å². The average Bonchev–Trinajstić information content (AvgIpc) is 2.73. The maximum absolute atomic E-state index is 13.4. The van der Waals surface area contributed by atoms with Crippen molar-refractivity contribution in [2.45, 2.75) is 18.4 Å². The molecule has 0 spiro atoms. The Bertz CT molecular complexity index is 1010. The quantitative estimate of drug-likeness (QED) is 0.593. The Labute approximate surface area is 166 Å². The molecule has 0 saturated heterocycles. The first-order chi connectivity index (χ1) is 13.4. The molecule has 0 unspecified atom stereocenters. The van der Waals surface area contributed by atoms with E-state index in [0.29, 0.717) is 17.2 Å². The Morgan fingerprint density at radius 3 is 1.93 bits per heavy atom. The Kier molecular flexibility index (Phi) is 5.90. The molecule has 0 fully saturated rings. The van der Waals surface area contributed by atoms with Gasteiger partial charge in [0.1, 0.15) is 11.5 Å². The first kappa shape index (κ1) is 19.8. The number of aryl methyl sites for hydroxylation is 1. The van der Waals surface area contributed by atoms with Crippen LogP contribution in [0, 0.1) is 6.92 Å². The predicted octanol–water partition coefficient (Wildman–Crippen LogP) is 4.41. The van der Waals surface area contributed by atoms with E-state index in [2.05, 4.69) is 0 Å². The SMILES string of the molecule is COc1cc(OC)cc(N(Cc2ccc(C)cc2)S(=O)(=O)c2ccccc2)c1. The van der Waals surface area contributed by atoms with Crippen molar-refractivity contribution in [1.82, 2.24) is 0 Å². The Morgan fingerprint density at radius 2 is 1.39 bits per heavy atom. The number of methoxy groups -OCH3 is 2. The van der Waals surface area contributed by atoms with E-state index in [0.717, 1.165) is 11.1 Å². The van der Waals surface area contributed by atoms with Crippen LogP contribution in [-0.4, -0.2) is 22.6 Å². The summed E-state index contributed by atoms with van der Waals surface area (Å²) in [5.41, 5.74) is 2.47. The summed E-state index contributed by atoms with van der Waals surface area (Å²) in [5, 5.41) is 0. The zero-order valence-electron chi connectivity index (χ0n) is 16.1. The summed E-state index contributed by atoms with van der Waals surface area (Å²) in [5.74, 6) is 1.04. The van der Waals surface area contributed by atoms with E-state index in [1.165, 1.54) is 18.5 Å². The lowest BCUT2D eigenvalue weighted by atomic mass is 10.1. The van der Waals surface area contributed by atoms with Crippen molar-refractivity contribution < 1.29 is 17.9 Å². The fourth-order valence-electron chi connectivity index (χ4n) is 2.83. The third-order valence-electron chi connectivity index (χ3n) is 4.40. The summed E-state index contributed by atoms with van der Waals surface area (Å²) in [6.45, 7) is 2.18. The molecule has 0 aliphatic carbocycles. The van der Waals surface area contributed by atoms with Crippen molar-refractivity contribution in [3.05, 3.63) is 83.9 Å². The Hall–Kier alpha value is -2.99. The molecular weight excluding hydrogens is 374 g/mol.